The van der Waals surface area contributed by atoms with Gasteiger partial charge in [-0.3, -0.25) is 10.1 Å². The maximum Gasteiger partial charge on any atom is 0.337 e. The van der Waals surface area contributed by atoms with E-state index in [2.05, 4.69) is 10.6 Å². The third kappa shape index (κ3) is 3.65. The summed E-state index contributed by atoms with van der Waals surface area (Å²) in [5, 5.41) is 17.2. The number of rotatable bonds is 5. The molecule has 0 bridgehead atoms. The minimum absolute atomic E-state index is 0.0114. The molecule has 1 heterocycles. The molecular formula is C15H17N3O4S. The third-order valence-corrected chi connectivity index (χ3v) is 3.72. The summed E-state index contributed by atoms with van der Waals surface area (Å²) in [7, 11) is 1.32. The number of allylic oxidation sites excluding steroid dienone is 1. The zero-order valence-corrected chi connectivity index (χ0v) is 13.6. The van der Waals surface area contributed by atoms with Gasteiger partial charge in [-0.2, -0.15) is 0 Å². The average Bonchev–Trinajstić information content (AvgIpc) is 2.54. The van der Waals surface area contributed by atoms with Crippen LogP contribution in [-0.2, 0) is 9.53 Å². The first kappa shape index (κ1) is 16.9. The molecule has 1 aliphatic heterocycles. The summed E-state index contributed by atoms with van der Waals surface area (Å²) in [6, 6.07) is 5.51. The molecule has 2 N–H and O–H groups in total. The van der Waals surface area contributed by atoms with Gasteiger partial charge in [0.1, 0.15) is 0 Å². The predicted molar refractivity (Wildman–Crippen MR) is 88.7 cm³/mol. The molecule has 0 aromatic heterocycles. The first-order valence-electron chi connectivity index (χ1n) is 7.11. The van der Waals surface area contributed by atoms with E-state index >= 15 is 0 Å². The van der Waals surface area contributed by atoms with E-state index in [1.54, 1.807) is 12.1 Å². The van der Waals surface area contributed by atoms with Crippen LogP contribution in [0.25, 0.3) is 0 Å². The Morgan fingerprint density at radius 2 is 2.04 bits per heavy atom. The van der Waals surface area contributed by atoms with Gasteiger partial charge in [0.05, 0.1) is 23.6 Å². The molecule has 8 heteroatoms. The topological polar surface area (TPSA) is 93.5 Å². The molecule has 0 spiro atoms. The van der Waals surface area contributed by atoms with Crippen LogP contribution in [0.5, 0.6) is 0 Å². The first-order valence-corrected chi connectivity index (χ1v) is 7.52. The number of carbonyl (C=O) groups excluding carboxylic acids is 1. The highest BCUT2D eigenvalue weighted by Gasteiger charge is 2.31. The number of nitrogens with zero attached hydrogens (tertiary/aromatic N) is 1. The minimum Gasteiger partial charge on any atom is -0.466 e. The quantitative estimate of drug-likeness (QED) is 0.369. The summed E-state index contributed by atoms with van der Waals surface area (Å²) in [6.45, 7) is 2.00. The van der Waals surface area contributed by atoms with E-state index in [0.717, 1.165) is 6.42 Å². The Morgan fingerprint density at radius 1 is 1.39 bits per heavy atom. The van der Waals surface area contributed by atoms with Crippen molar-refractivity contribution in [2.75, 3.05) is 7.11 Å². The van der Waals surface area contributed by atoms with Crippen molar-refractivity contribution in [1.82, 2.24) is 10.6 Å². The molecule has 0 fully saturated rings. The number of nitro benzene ring substituents is 1. The van der Waals surface area contributed by atoms with Gasteiger partial charge in [-0.25, -0.2) is 4.79 Å². The molecule has 7 nitrogen and oxygen atoms in total. The Kier molecular flexibility index (Phi) is 5.28. The Balaban J connectivity index is 2.47. The van der Waals surface area contributed by atoms with E-state index in [1.165, 1.54) is 19.2 Å². The largest absolute Gasteiger partial charge is 0.466 e. The van der Waals surface area contributed by atoms with Crippen LogP contribution in [0.15, 0.2) is 35.5 Å². The van der Waals surface area contributed by atoms with E-state index in [9.17, 15) is 14.9 Å². The van der Waals surface area contributed by atoms with Gasteiger partial charge < -0.3 is 15.4 Å². The zero-order valence-electron chi connectivity index (χ0n) is 12.8. The van der Waals surface area contributed by atoms with E-state index in [-0.39, 0.29) is 5.69 Å². The smallest absolute Gasteiger partial charge is 0.337 e. The van der Waals surface area contributed by atoms with Gasteiger partial charge >= 0.3 is 5.97 Å². The summed E-state index contributed by atoms with van der Waals surface area (Å²) in [6.07, 6.45) is 1.48. The van der Waals surface area contributed by atoms with Crippen LogP contribution in [-0.4, -0.2) is 23.1 Å². The van der Waals surface area contributed by atoms with E-state index < -0.39 is 16.9 Å². The van der Waals surface area contributed by atoms with Gasteiger partial charge in [0.25, 0.3) is 5.69 Å². The van der Waals surface area contributed by atoms with Crippen molar-refractivity contribution in [2.24, 2.45) is 0 Å². The number of hydrogen-bond donors (Lipinski definition) is 2. The van der Waals surface area contributed by atoms with E-state index in [0.29, 0.717) is 28.4 Å². The summed E-state index contributed by atoms with van der Waals surface area (Å²) in [5.41, 5.74) is 1.85. The van der Waals surface area contributed by atoms with E-state index in [1.807, 2.05) is 6.92 Å². The van der Waals surface area contributed by atoms with Crippen LogP contribution in [0, 0.1) is 10.1 Å². The van der Waals surface area contributed by atoms with Crippen LogP contribution >= 0.6 is 12.2 Å². The Hall–Kier alpha value is -2.48. The van der Waals surface area contributed by atoms with Crippen molar-refractivity contribution in [3.63, 3.8) is 0 Å². The first-order chi connectivity index (χ1) is 11.0. The maximum atomic E-state index is 12.2. The molecule has 0 saturated carbocycles. The van der Waals surface area contributed by atoms with Crippen molar-refractivity contribution < 1.29 is 14.5 Å². The number of thiocarbonyl (C=S) groups is 1. The van der Waals surface area contributed by atoms with Crippen LogP contribution in [0.4, 0.5) is 5.69 Å². The molecule has 0 radical (unpaired) electrons. The van der Waals surface area contributed by atoms with Crippen LogP contribution < -0.4 is 10.6 Å². The molecule has 1 atom stereocenters. The number of non-ortho nitro benzene ring substituents is 1. The summed E-state index contributed by atoms with van der Waals surface area (Å²) < 4.78 is 4.89. The fraction of sp³-hybridized carbons (Fsp3) is 0.333. The van der Waals surface area contributed by atoms with E-state index in [4.69, 9.17) is 17.0 Å². The van der Waals surface area contributed by atoms with Crippen molar-refractivity contribution in [3.8, 4) is 0 Å². The summed E-state index contributed by atoms with van der Waals surface area (Å²) in [5.74, 6) is -0.459. The fourth-order valence-electron chi connectivity index (χ4n) is 2.45. The molecule has 1 aromatic rings. The van der Waals surface area contributed by atoms with Gasteiger partial charge in [0.2, 0.25) is 0 Å². The lowest BCUT2D eigenvalue weighted by molar-refractivity contribution is -0.384. The second-order valence-electron chi connectivity index (χ2n) is 5.01. The fourth-order valence-corrected chi connectivity index (χ4v) is 2.70. The van der Waals surface area contributed by atoms with Crippen molar-refractivity contribution in [2.45, 2.75) is 25.8 Å². The lowest BCUT2D eigenvalue weighted by atomic mass is 9.94. The van der Waals surface area contributed by atoms with Crippen molar-refractivity contribution in [1.29, 1.82) is 0 Å². The molecular weight excluding hydrogens is 318 g/mol. The molecule has 23 heavy (non-hydrogen) atoms. The van der Waals surface area contributed by atoms with Crippen LogP contribution in [0.3, 0.4) is 0 Å². The van der Waals surface area contributed by atoms with Crippen molar-refractivity contribution in [3.05, 3.63) is 51.2 Å². The number of carbonyl (C=O) groups is 1. The lowest BCUT2D eigenvalue weighted by Crippen LogP contribution is -2.45. The monoisotopic (exact) mass is 335 g/mol. The zero-order chi connectivity index (χ0) is 17.0. The third-order valence-electron chi connectivity index (χ3n) is 3.50. The highest BCUT2D eigenvalue weighted by atomic mass is 32.1. The maximum absolute atomic E-state index is 12.2. The Labute approximate surface area is 138 Å². The van der Waals surface area contributed by atoms with Gasteiger partial charge in [-0.1, -0.05) is 13.3 Å². The standard InChI is InChI=1S/C15H17N3O4S/c1-3-4-11-12(14(19)22-2)13(17-15(23)16-11)9-5-7-10(8-6-9)18(20)21/h5-8,13H,3-4H2,1-2H3,(H2,16,17,23)/t13-/m1/s1. The molecule has 0 aliphatic carbocycles. The predicted octanol–water partition coefficient (Wildman–Crippen LogP) is 2.34. The second-order valence-corrected chi connectivity index (χ2v) is 5.42. The molecule has 0 amide bonds. The number of methoxy groups -OCH3 is 1. The molecule has 1 aliphatic rings. The second kappa shape index (κ2) is 7.19. The van der Waals surface area contributed by atoms with Crippen LogP contribution in [0.2, 0.25) is 0 Å². The lowest BCUT2D eigenvalue weighted by Gasteiger charge is -2.30. The van der Waals surface area contributed by atoms with Gasteiger partial charge in [0, 0.05) is 17.8 Å². The number of benzene rings is 1. The van der Waals surface area contributed by atoms with Gasteiger partial charge in [-0.05, 0) is 36.3 Å². The highest BCUT2D eigenvalue weighted by Crippen LogP contribution is 2.30. The summed E-state index contributed by atoms with van der Waals surface area (Å²) in [4.78, 5) is 22.5. The summed E-state index contributed by atoms with van der Waals surface area (Å²) >= 11 is 5.20. The molecule has 1 aromatic carbocycles. The molecule has 0 saturated heterocycles. The SMILES string of the molecule is CCCC1=C(C(=O)OC)[C@@H](c2ccc([N+](=O)[O-])cc2)NC(=S)N1. The van der Waals surface area contributed by atoms with Gasteiger partial charge in [0.15, 0.2) is 5.11 Å². The molecule has 122 valence electrons. The highest BCUT2D eigenvalue weighted by molar-refractivity contribution is 7.80. The molecule has 0 unspecified atom stereocenters. The minimum atomic E-state index is -0.501. The number of esters is 1. The van der Waals surface area contributed by atoms with Crippen LogP contribution in [0.1, 0.15) is 31.4 Å². The molecule has 2 rings (SSSR count). The Bertz CT molecular complexity index is 670. The Morgan fingerprint density at radius 3 is 2.57 bits per heavy atom. The van der Waals surface area contributed by atoms with Crippen molar-refractivity contribution >= 4 is 29.0 Å². The number of nitrogens with one attached hydrogen (secondary N) is 2. The van der Waals surface area contributed by atoms with Gasteiger partial charge in [-0.15, -0.1) is 0 Å². The number of hydrogen-bond acceptors (Lipinski definition) is 5. The normalized spacial score (nSPS) is 17.3. The number of nitro groups is 1. The average molecular weight is 335 g/mol. The number of ether oxygens (including phenoxy) is 1.